The second-order valence-electron chi connectivity index (χ2n) is 5.77. The van der Waals surface area contributed by atoms with E-state index in [1.807, 2.05) is 30.3 Å². The lowest BCUT2D eigenvalue weighted by atomic mass is 10.2. The normalized spacial score (nSPS) is 11.4. The lowest BCUT2D eigenvalue weighted by molar-refractivity contribution is -0.139. The van der Waals surface area contributed by atoms with Gasteiger partial charge >= 0.3 is 5.97 Å². The number of rotatable bonds is 7. The number of carbonyl (C=O) groups excluding carboxylic acids is 2. The van der Waals surface area contributed by atoms with Gasteiger partial charge in [-0.1, -0.05) is 36.4 Å². The summed E-state index contributed by atoms with van der Waals surface area (Å²) in [7, 11) is 4.60. The molecule has 0 aliphatic heterocycles. The molecule has 0 unspecified atom stereocenters. The highest BCUT2D eigenvalue weighted by Crippen LogP contribution is 2.31. The third-order valence-corrected chi connectivity index (χ3v) is 3.89. The van der Waals surface area contributed by atoms with Crippen LogP contribution in [-0.4, -0.2) is 44.1 Å². The van der Waals surface area contributed by atoms with E-state index in [-0.39, 0.29) is 17.2 Å². The van der Waals surface area contributed by atoms with E-state index < -0.39 is 12.1 Å². The Balaban J connectivity index is 2.05. The van der Waals surface area contributed by atoms with Crippen molar-refractivity contribution >= 4 is 11.9 Å². The predicted octanol–water partition coefficient (Wildman–Crippen LogP) is 2.91. The van der Waals surface area contributed by atoms with Crippen LogP contribution >= 0.6 is 0 Å². The molecule has 0 aromatic heterocycles. The Labute approximate surface area is 153 Å². The van der Waals surface area contributed by atoms with Crippen LogP contribution in [0.5, 0.6) is 11.5 Å². The number of nitrogens with zero attached hydrogens (tertiary/aromatic N) is 1. The first-order valence-corrected chi connectivity index (χ1v) is 8.18. The molecule has 2 aromatic carbocycles. The molecule has 6 nitrogen and oxygen atoms in total. The molecule has 6 heteroatoms. The number of methoxy groups -OCH3 is 2. The van der Waals surface area contributed by atoms with E-state index in [0.29, 0.717) is 12.3 Å². The van der Waals surface area contributed by atoms with Crippen molar-refractivity contribution in [2.24, 2.45) is 0 Å². The van der Waals surface area contributed by atoms with Crippen molar-refractivity contribution in [2.75, 3.05) is 21.3 Å². The number of carbonyl (C=O) groups is 2. The minimum Gasteiger partial charge on any atom is -0.493 e. The summed E-state index contributed by atoms with van der Waals surface area (Å²) in [5, 5.41) is 0. The highest BCUT2D eigenvalue weighted by Gasteiger charge is 2.25. The molecule has 0 heterocycles. The van der Waals surface area contributed by atoms with Gasteiger partial charge in [-0.3, -0.25) is 4.79 Å². The third kappa shape index (κ3) is 4.53. The molecule has 0 aliphatic carbocycles. The van der Waals surface area contributed by atoms with Gasteiger partial charge in [0.2, 0.25) is 0 Å². The van der Waals surface area contributed by atoms with Crippen molar-refractivity contribution < 1.29 is 23.8 Å². The quantitative estimate of drug-likeness (QED) is 0.713. The first kappa shape index (κ1) is 19.3. The van der Waals surface area contributed by atoms with Gasteiger partial charge in [-0.25, -0.2) is 4.79 Å². The summed E-state index contributed by atoms with van der Waals surface area (Å²) in [6.07, 6.45) is -0.924. The van der Waals surface area contributed by atoms with E-state index in [1.165, 1.54) is 19.1 Å². The minimum atomic E-state index is -0.924. The predicted molar refractivity (Wildman–Crippen MR) is 97.3 cm³/mol. The van der Waals surface area contributed by atoms with Gasteiger partial charge in [-0.2, -0.15) is 0 Å². The first-order chi connectivity index (χ1) is 12.5. The Kier molecular flexibility index (Phi) is 6.60. The number of amides is 1. The standard InChI is InChI=1S/C20H23NO5/c1-14(19(22)21(2)13-15-9-6-5-7-10-15)26-20(23)16-11-8-12-17(24-3)18(16)25-4/h5-12,14H,13H2,1-4H3/t14-/m1/s1. The van der Waals surface area contributed by atoms with E-state index >= 15 is 0 Å². The largest absolute Gasteiger partial charge is 0.493 e. The highest BCUT2D eigenvalue weighted by atomic mass is 16.6. The lowest BCUT2D eigenvalue weighted by Crippen LogP contribution is -2.37. The van der Waals surface area contributed by atoms with Gasteiger partial charge in [0.1, 0.15) is 5.56 Å². The summed E-state index contributed by atoms with van der Waals surface area (Å²) < 4.78 is 15.7. The van der Waals surface area contributed by atoms with Gasteiger partial charge in [0.25, 0.3) is 5.91 Å². The maximum absolute atomic E-state index is 12.5. The van der Waals surface area contributed by atoms with Crippen LogP contribution in [-0.2, 0) is 16.1 Å². The fourth-order valence-electron chi connectivity index (χ4n) is 2.57. The average molecular weight is 357 g/mol. The topological polar surface area (TPSA) is 65.1 Å². The number of likely N-dealkylation sites (N-methyl/N-ethyl adjacent to an activating group) is 1. The first-order valence-electron chi connectivity index (χ1n) is 8.18. The Hall–Kier alpha value is -3.02. The maximum Gasteiger partial charge on any atom is 0.342 e. The Bertz CT molecular complexity index is 760. The molecule has 26 heavy (non-hydrogen) atoms. The van der Waals surface area contributed by atoms with Crippen molar-refractivity contribution in [1.82, 2.24) is 4.90 Å². The van der Waals surface area contributed by atoms with Gasteiger partial charge in [-0.05, 0) is 24.6 Å². The number of benzene rings is 2. The second kappa shape index (κ2) is 8.89. The molecule has 138 valence electrons. The molecular weight excluding hydrogens is 334 g/mol. The molecule has 0 saturated carbocycles. The molecule has 0 saturated heterocycles. The minimum absolute atomic E-state index is 0.206. The fourth-order valence-corrected chi connectivity index (χ4v) is 2.57. The second-order valence-corrected chi connectivity index (χ2v) is 5.77. The molecule has 0 N–H and O–H groups in total. The van der Waals surface area contributed by atoms with Gasteiger partial charge in [0, 0.05) is 13.6 Å². The Morgan fingerprint density at radius 3 is 2.31 bits per heavy atom. The smallest absolute Gasteiger partial charge is 0.342 e. The van der Waals surface area contributed by atoms with Crippen LogP contribution in [0.15, 0.2) is 48.5 Å². The van der Waals surface area contributed by atoms with Crippen LogP contribution in [0.1, 0.15) is 22.8 Å². The number of hydrogen-bond donors (Lipinski definition) is 0. The van der Waals surface area contributed by atoms with Crippen molar-refractivity contribution in [3.63, 3.8) is 0 Å². The maximum atomic E-state index is 12.5. The summed E-state index contributed by atoms with van der Waals surface area (Å²) >= 11 is 0. The van der Waals surface area contributed by atoms with E-state index in [1.54, 1.807) is 32.2 Å². The summed E-state index contributed by atoms with van der Waals surface area (Å²) in [6, 6.07) is 14.5. The third-order valence-electron chi connectivity index (χ3n) is 3.89. The van der Waals surface area contributed by atoms with Crippen LogP contribution in [0.25, 0.3) is 0 Å². The van der Waals surface area contributed by atoms with E-state index in [0.717, 1.165) is 5.56 Å². The van der Waals surface area contributed by atoms with Crippen molar-refractivity contribution in [3.8, 4) is 11.5 Å². The summed E-state index contributed by atoms with van der Waals surface area (Å²) in [4.78, 5) is 26.5. The van der Waals surface area contributed by atoms with Crippen LogP contribution in [0.2, 0.25) is 0 Å². The number of ether oxygens (including phenoxy) is 3. The Morgan fingerprint density at radius 2 is 1.69 bits per heavy atom. The monoisotopic (exact) mass is 357 g/mol. The Morgan fingerprint density at radius 1 is 1.00 bits per heavy atom. The van der Waals surface area contributed by atoms with Crippen molar-refractivity contribution in [3.05, 3.63) is 59.7 Å². The number of esters is 1. The van der Waals surface area contributed by atoms with Crippen LogP contribution in [0.4, 0.5) is 0 Å². The molecule has 0 spiro atoms. The molecule has 1 atom stereocenters. The SMILES string of the molecule is COc1cccc(C(=O)O[C@H](C)C(=O)N(C)Cc2ccccc2)c1OC. The van der Waals surface area contributed by atoms with Gasteiger partial charge in [0.15, 0.2) is 17.6 Å². The zero-order valence-corrected chi connectivity index (χ0v) is 15.4. The van der Waals surface area contributed by atoms with Gasteiger partial charge < -0.3 is 19.1 Å². The van der Waals surface area contributed by atoms with E-state index in [4.69, 9.17) is 14.2 Å². The summed E-state index contributed by atoms with van der Waals surface area (Å²) in [6.45, 7) is 1.98. The zero-order valence-electron chi connectivity index (χ0n) is 15.4. The number of para-hydroxylation sites is 1. The fraction of sp³-hybridized carbons (Fsp3) is 0.300. The van der Waals surface area contributed by atoms with Crippen LogP contribution < -0.4 is 9.47 Å². The average Bonchev–Trinajstić information content (AvgIpc) is 2.67. The molecule has 0 fully saturated rings. The van der Waals surface area contributed by atoms with Crippen molar-refractivity contribution in [2.45, 2.75) is 19.6 Å². The molecular formula is C20H23NO5. The van der Waals surface area contributed by atoms with Crippen molar-refractivity contribution in [1.29, 1.82) is 0 Å². The molecule has 0 aliphatic rings. The van der Waals surface area contributed by atoms with E-state index in [2.05, 4.69) is 0 Å². The van der Waals surface area contributed by atoms with Crippen LogP contribution in [0, 0.1) is 0 Å². The van der Waals surface area contributed by atoms with Crippen LogP contribution in [0.3, 0.4) is 0 Å². The highest BCUT2D eigenvalue weighted by molar-refractivity contribution is 5.95. The number of hydrogen-bond acceptors (Lipinski definition) is 5. The summed E-state index contributed by atoms with van der Waals surface area (Å²) in [5.74, 6) is -0.238. The van der Waals surface area contributed by atoms with Gasteiger partial charge in [-0.15, -0.1) is 0 Å². The molecule has 2 rings (SSSR count). The zero-order chi connectivity index (χ0) is 19.1. The summed E-state index contributed by atoms with van der Waals surface area (Å²) in [5.41, 5.74) is 1.20. The molecule has 1 amide bonds. The molecule has 0 radical (unpaired) electrons. The van der Waals surface area contributed by atoms with Gasteiger partial charge in [0.05, 0.1) is 14.2 Å². The lowest BCUT2D eigenvalue weighted by Gasteiger charge is -2.22. The van der Waals surface area contributed by atoms with E-state index in [9.17, 15) is 9.59 Å². The molecule has 0 bridgehead atoms. The molecule has 2 aromatic rings.